The minimum Gasteiger partial charge on any atom is -0.374 e. The zero-order valence-corrected chi connectivity index (χ0v) is 12.2. The Morgan fingerprint density at radius 2 is 2.35 bits per heavy atom. The molecule has 0 aromatic carbocycles. The summed E-state index contributed by atoms with van der Waals surface area (Å²) in [5, 5.41) is 10.9. The van der Waals surface area contributed by atoms with Crippen LogP contribution in [0.15, 0.2) is 6.33 Å². The fraction of sp³-hybridized carbons (Fsp3) is 0.818. The molecule has 20 heavy (non-hydrogen) atoms. The zero-order valence-electron chi connectivity index (χ0n) is 11.3. The summed E-state index contributed by atoms with van der Waals surface area (Å²) >= 11 is 0. The molecule has 1 unspecified atom stereocenters. The summed E-state index contributed by atoms with van der Waals surface area (Å²) in [4.78, 5) is 13.9. The van der Waals surface area contributed by atoms with Crippen LogP contribution in [0.5, 0.6) is 0 Å². The minimum atomic E-state index is 0. The molecule has 2 N–H and O–H groups in total. The molecule has 8 nitrogen and oxygen atoms in total. The molecule has 2 rings (SSSR count). The summed E-state index contributed by atoms with van der Waals surface area (Å²) in [6.45, 7) is 3.18. The second-order valence-corrected chi connectivity index (χ2v) is 4.59. The van der Waals surface area contributed by atoms with Crippen LogP contribution in [0.4, 0.5) is 0 Å². The van der Waals surface area contributed by atoms with Gasteiger partial charge in [-0.2, -0.15) is 0 Å². The van der Waals surface area contributed by atoms with Crippen molar-refractivity contribution in [1.82, 2.24) is 25.1 Å². The van der Waals surface area contributed by atoms with E-state index in [0.29, 0.717) is 39.2 Å². The molecule has 1 aromatic heterocycles. The number of tetrazole rings is 1. The van der Waals surface area contributed by atoms with E-state index in [0.717, 1.165) is 12.8 Å². The molecule has 1 atom stereocenters. The standard InChI is InChI=1S/C11H20N6O2.ClH/c12-4-3-10-8-16(6-7-19-10)11(18)2-1-5-17-9-13-14-15-17;/h9-10H,1-8,12H2;1H. The Labute approximate surface area is 124 Å². The lowest BCUT2D eigenvalue weighted by Gasteiger charge is -2.33. The molecule has 0 spiro atoms. The number of aromatic nitrogens is 4. The maximum absolute atomic E-state index is 12.1. The van der Waals surface area contributed by atoms with Gasteiger partial charge in [-0.05, 0) is 29.8 Å². The molecule has 1 aliphatic rings. The van der Waals surface area contributed by atoms with Crippen LogP contribution in [0.25, 0.3) is 0 Å². The van der Waals surface area contributed by atoms with Crippen molar-refractivity contribution in [2.45, 2.75) is 31.9 Å². The van der Waals surface area contributed by atoms with Crippen molar-refractivity contribution in [3.8, 4) is 0 Å². The van der Waals surface area contributed by atoms with Gasteiger partial charge in [-0.1, -0.05) is 0 Å². The maximum Gasteiger partial charge on any atom is 0.222 e. The van der Waals surface area contributed by atoms with Gasteiger partial charge in [0.1, 0.15) is 6.33 Å². The molecule has 1 aromatic rings. The van der Waals surface area contributed by atoms with Crippen LogP contribution >= 0.6 is 12.4 Å². The SMILES string of the molecule is Cl.NCCC1CN(C(=O)CCCn2cnnn2)CCO1. The average Bonchev–Trinajstić information content (AvgIpc) is 2.92. The van der Waals surface area contributed by atoms with E-state index in [1.807, 2.05) is 4.90 Å². The van der Waals surface area contributed by atoms with Crippen molar-refractivity contribution < 1.29 is 9.53 Å². The highest BCUT2D eigenvalue weighted by Gasteiger charge is 2.23. The third-order valence-corrected chi connectivity index (χ3v) is 3.15. The molecule has 1 aliphatic heterocycles. The van der Waals surface area contributed by atoms with Gasteiger partial charge in [-0.15, -0.1) is 17.5 Å². The van der Waals surface area contributed by atoms with Crippen LogP contribution in [0, 0.1) is 0 Å². The number of hydrogen-bond donors (Lipinski definition) is 1. The van der Waals surface area contributed by atoms with Crippen molar-refractivity contribution in [3.05, 3.63) is 6.33 Å². The average molecular weight is 305 g/mol. The van der Waals surface area contributed by atoms with E-state index in [1.54, 1.807) is 11.0 Å². The Morgan fingerprint density at radius 3 is 3.05 bits per heavy atom. The van der Waals surface area contributed by atoms with Gasteiger partial charge < -0.3 is 15.4 Å². The quantitative estimate of drug-likeness (QED) is 0.757. The van der Waals surface area contributed by atoms with Crippen LogP contribution in [0.2, 0.25) is 0 Å². The normalized spacial score (nSPS) is 18.6. The van der Waals surface area contributed by atoms with E-state index in [2.05, 4.69) is 15.5 Å². The van der Waals surface area contributed by atoms with Crippen LogP contribution in [0.1, 0.15) is 19.3 Å². The van der Waals surface area contributed by atoms with Gasteiger partial charge in [0, 0.05) is 26.1 Å². The van der Waals surface area contributed by atoms with Crippen LogP contribution < -0.4 is 5.73 Å². The fourth-order valence-electron chi connectivity index (χ4n) is 2.14. The van der Waals surface area contributed by atoms with Gasteiger partial charge in [0.05, 0.1) is 12.7 Å². The lowest BCUT2D eigenvalue weighted by Crippen LogP contribution is -2.46. The summed E-state index contributed by atoms with van der Waals surface area (Å²) in [7, 11) is 0. The second-order valence-electron chi connectivity index (χ2n) is 4.59. The van der Waals surface area contributed by atoms with Crippen LogP contribution in [-0.2, 0) is 16.1 Å². The largest absolute Gasteiger partial charge is 0.374 e. The predicted octanol–water partition coefficient (Wildman–Crippen LogP) is -0.549. The molecule has 0 radical (unpaired) electrons. The molecule has 2 heterocycles. The third-order valence-electron chi connectivity index (χ3n) is 3.15. The molecule has 114 valence electrons. The Bertz CT molecular complexity index is 386. The van der Waals surface area contributed by atoms with E-state index in [1.165, 1.54) is 0 Å². The highest BCUT2D eigenvalue weighted by molar-refractivity contribution is 5.85. The van der Waals surface area contributed by atoms with E-state index < -0.39 is 0 Å². The van der Waals surface area contributed by atoms with Crippen molar-refractivity contribution >= 4 is 18.3 Å². The number of amides is 1. The van der Waals surface area contributed by atoms with Gasteiger partial charge in [0.25, 0.3) is 0 Å². The Hall–Kier alpha value is -1.25. The number of halogens is 1. The van der Waals surface area contributed by atoms with Gasteiger partial charge in [0.2, 0.25) is 5.91 Å². The first-order valence-electron chi connectivity index (χ1n) is 6.60. The number of aryl methyl sites for hydroxylation is 1. The van der Waals surface area contributed by atoms with Gasteiger partial charge in [-0.3, -0.25) is 4.79 Å². The highest BCUT2D eigenvalue weighted by atomic mass is 35.5. The van der Waals surface area contributed by atoms with Crippen LogP contribution in [0.3, 0.4) is 0 Å². The Kier molecular flexibility index (Phi) is 7.42. The molecule has 0 saturated carbocycles. The predicted molar refractivity (Wildman–Crippen MR) is 74.3 cm³/mol. The third kappa shape index (κ3) is 5.03. The van der Waals surface area contributed by atoms with Gasteiger partial charge >= 0.3 is 0 Å². The molecule has 1 amide bonds. The summed E-state index contributed by atoms with van der Waals surface area (Å²) in [6, 6.07) is 0. The molecular weight excluding hydrogens is 284 g/mol. The maximum atomic E-state index is 12.1. The Balaban J connectivity index is 0.00000200. The molecule has 0 aliphatic carbocycles. The van der Waals surface area contributed by atoms with Crippen LogP contribution in [-0.4, -0.2) is 63.4 Å². The topological polar surface area (TPSA) is 99.2 Å². The second kappa shape index (κ2) is 8.83. The van der Waals surface area contributed by atoms with Gasteiger partial charge in [-0.25, -0.2) is 4.68 Å². The number of ether oxygens (including phenoxy) is 1. The smallest absolute Gasteiger partial charge is 0.222 e. The lowest BCUT2D eigenvalue weighted by molar-refractivity contribution is -0.139. The van der Waals surface area contributed by atoms with Crippen molar-refractivity contribution in [1.29, 1.82) is 0 Å². The number of nitrogens with two attached hydrogens (primary N) is 1. The van der Waals surface area contributed by atoms with Crippen molar-refractivity contribution in [2.75, 3.05) is 26.2 Å². The van der Waals surface area contributed by atoms with Crippen molar-refractivity contribution in [3.63, 3.8) is 0 Å². The zero-order chi connectivity index (χ0) is 13.5. The fourth-order valence-corrected chi connectivity index (χ4v) is 2.14. The van der Waals surface area contributed by atoms with Gasteiger partial charge in [0.15, 0.2) is 0 Å². The molecule has 0 bridgehead atoms. The number of morpholine rings is 1. The minimum absolute atomic E-state index is 0. The lowest BCUT2D eigenvalue weighted by atomic mass is 10.2. The number of hydrogen-bond acceptors (Lipinski definition) is 6. The number of rotatable bonds is 6. The number of nitrogens with zero attached hydrogens (tertiary/aromatic N) is 5. The summed E-state index contributed by atoms with van der Waals surface area (Å²) < 4.78 is 7.19. The van der Waals surface area contributed by atoms with Crippen molar-refractivity contribution in [2.24, 2.45) is 5.73 Å². The first-order chi connectivity index (χ1) is 9.29. The number of carbonyl (C=O) groups excluding carboxylic acids is 1. The monoisotopic (exact) mass is 304 g/mol. The first-order valence-corrected chi connectivity index (χ1v) is 6.60. The molecular formula is C11H21ClN6O2. The number of carbonyl (C=O) groups is 1. The summed E-state index contributed by atoms with van der Waals surface area (Å²) in [5.41, 5.74) is 5.51. The highest BCUT2D eigenvalue weighted by Crippen LogP contribution is 2.10. The molecule has 9 heteroatoms. The molecule has 1 fully saturated rings. The van der Waals surface area contributed by atoms with E-state index >= 15 is 0 Å². The van der Waals surface area contributed by atoms with E-state index in [9.17, 15) is 4.79 Å². The summed E-state index contributed by atoms with van der Waals surface area (Å²) in [5.74, 6) is 0.165. The summed E-state index contributed by atoms with van der Waals surface area (Å²) in [6.07, 6.45) is 3.69. The molecule has 1 saturated heterocycles. The van der Waals surface area contributed by atoms with E-state index in [4.69, 9.17) is 10.5 Å². The first kappa shape index (κ1) is 16.8. The Morgan fingerprint density at radius 1 is 1.50 bits per heavy atom. The van der Waals surface area contributed by atoms with E-state index in [-0.39, 0.29) is 24.4 Å².